The minimum Gasteiger partial charge on any atom is -0.487 e. The number of primary amides is 1. The van der Waals surface area contributed by atoms with E-state index in [1.54, 1.807) is 0 Å². The van der Waals surface area contributed by atoms with Crippen molar-refractivity contribution in [1.82, 2.24) is 4.90 Å². The van der Waals surface area contributed by atoms with E-state index in [9.17, 15) is 24.1 Å². The highest BCUT2D eigenvalue weighted by atomic mass is 19.1. The average molecular weight is 411 g/mol. The molecule has 160 valence electrons. The van der Waals surface area contributed by atoms with Gasteiger partial charge in [0.2, 0.25) is 5.91 Å². The van der Waals surface area contributed by atoms with Crippen molar-refractivity contribution in [2.24, 2.45) is 5.73 Å². The molecule has 0 aliphatic carbocycles. The van der Waals surface area contributed by atoms with Gasteiger partial charge in [-0.3, -0.25) is 24.6 Å². The Morgan fingerprint density at radius 2 is 2.00 bits per heavy atom. The van der Waals surface area contributed by atoms with Crippen molar-refractivity contribution in [1.29, 1.82) is 0 Å². The van der Waals surface area contributed by atoms with Crippen molar-refractivity contribution >= 4 is 17.4 Å². The first-order chi connectivity index (χ1) is 13.8. The molecule has 1 unspecified atom stereocenters. The standard InChI is InChI=1S/C19H26FN3O6/c1-13(24)17-14(20)6-7-16(18(17)23(26)27)29-10-4-2-3-5-15(19(21)25)22-8-11-28-12-9-22/h6-7,15H,2-5,8-12H2,1H3,(H2,21,25). The van der Waals surface area contributed by atoms with Gasteiger partial charge in [0.1, 0.15) is 11.4 Å². The average Bonchev–Trinajstić information content (AvgIpc) is 2.67. The number of amides is 1. The highest BCUT2D eigenvalue weighted by Crippen LogP contribution is 2.33. The summed E-state index contributed by atoms with van der Waals surface area (Å²) < 4.78 is 24.5. The second kappa shape index (κ2) is 10.8. The molecule has 1 atom stereocenters. The van der Waals surface area contributed by atoms with Gasteiger partial charge < -0.3 is 15.2 Å². The number of nitro benzene ring substituents is 1. The van der Waals surface area contributed by atoms with E-state index < -0.39 is 27.8 Å². The van der Waals surface area contributed by atoms with Crippen LogP contribution in [0.3, 0.4) is 0 Å². The minimum absolute atomic E-state index is 0.134. The van der Waals surface area contributed by atoms with Gasteiger partial charge in [0.15, 0.2) is 11.5 Å². The van der Waals surface area contributed by atoms with E-state index in [0.717, 1.165) is 31.9 Å². The molecule has 2 N–H and O–H groups in total. The summed E-state index contributed by atoms with van der Waals surface area (Å²) >= 11 is 0. The Bertz CT molecular complexity index is 752. The molecule has 2 rings (SSSR count). The Morgan fingerprint density at radius 1 is 1.31 bits per heavy atom. The van der Waals surface area contributed by atoms with Gasteiger partial charge in [0.05, 0.1) is 30.8 Å². The lowest BCUT2D eigenvalue weighted by Gasteiger charge is -2.32. The van der Waals surface area contributed by atoms with Gasteiger partial charge in [-0.1, -0.05) is 6.42 Å². The number of halogens is 1. The summed E-state index contributed by atoms with van der Waals surface area (Å²) in [6.45, 7) is 3.74. The zero-order valence-electron chi connectivity index (χ0n) is 16.4. The van der Waals surface area contributed by atoms with E-state index in [1.807, 2.05) is 4.90 Å². The van der Waals surface area contributed by atoms with Crippen LogP contribution in [0, 0.1) is 15.9 Å². The molecule has 29 heavy (non-hydrogen) atoms. The number of Topliss-reactive ketones (excluding diaryl/α,β-unsaturated/α-hetero) is 1. The van der Waals surface area contributed by atoms with E-state index >= 15 is 0 Å². The Kier molecular flexibility index (Phi) is 8.47. The number of unbranched alkanes of at least 4 members (excludes halogenated alkanes) is 2. The third-order valence-corrected chi connectivity index (χ3v) is 4.82. The fourth-order valence-corrected chi connectivity index (χ4v) is 3.37. The van der Waals surface area contributed by atoms with Gasteiger partial charge >= 0.3 is 5.69 Å². The molecule has 1 fully saturated rings. The first kappa shape index (κ1) is 22.7. The van der Waals surface area contributed by atoms with Crippen LogP contribution in [0.25, 0.3) is 0 Å². The summed E-state index contributed by atoms with van der Waals surface area (Å²) in [5.41, 5.74) is 4.28. The maximum Gasteiger partial charge on any atom is 0.324 e. The number of benzene rings is 1. The number of nitrogens with zero attached hydrogens (tertiary/aromatic N) is 2. The van der Waals surface area contributed by atoms with Gasteiger partial charge in [-0.15, -0.1) is 0 Å². The van der Waals surface area contributed by atoms with Crippen LogP contribution in [0.2, 0.25) is 0 Å². The van der Waals surface area contributed by atoms with Crippen LogP contribution in [0.4, 0.5) is 10.1 Å². The number of nitrogens with two attached hydrogens (primary N) is 1. The SMILES string of the molecule is CC(=O)c1c(F)ccc(OCCCCCC(C(N)=O)N2CCOCC2)c1[N+](=O)[O-]. The highest BCUT2D eigenvalue weighted by molar-refractivity contribution is 5.99. The molecule has 1 heterocycles. The van der Waals surface area contributed by atoms with Gasteiger partial charge in [0, 0.05) is 13.1 Å². The summed E-state index contributed by atoms with van der Waals surface area (Å²) in [6, 6.07) is 1.80. The number of ether oxygens (including phenoxy) is 2. The van der Waals surface area contributed by atoms with Crippen molar-refractivity contribution in [3.05, 3.63) is 33.6 Å². The fourth-order valence-electron chi connectivity index (χ4n) is 3.37. The molecule has 1 aromatic rings. The number of hydrogen-bond acceptors (Lipinski definition) is 7. The van der Waals surface area contributed by atoms with Crippen molar-refractivity contribution in [2.45, 2.75) is 38.6 Å². The maximum absolute atomic E-state index is 13.8. The van der Waals surface area contributed by atoms with Gasteiger partial charge in [-0.05, 0) is 38.3 Å². The Morgan fingerprint density at radius 3 is 2.59 bits per heavy atom. The summed E-state index contributed by atoms with van der Waals surface area (Å²) in [4.78, 5) is 35.8. The molecule has 1 aliphatic heterocycles. The largest absolute Gasteiger partial charge is 0.487 e. The quantitative estimate of drug-likeness (QED) is 0.256. The van der Waals surface area contributed by atoms with Crippen LogP contribution in [0.1, 0.15) is 43.0 Å². The lowest BCUT2D eigenvalue weighted by molar-refractivity contribution is -0.386. The van der Waals surface area contributed by atoms with E-state index in [4.69, 9.17) is 15.2 Å². The summed E-state index contributed by atoms with van der Waals surface area (Å²) in [7, 11) is 0. The normalized spacial score (nSPS) is 15.7. The molecule has 0 radical (unpaired) electrons. The Labute approximate surface area is 168 Å². The van der Waals surface area contributed by atoms with Gasteiger partial charge in [-0.2, -0.15) is 0 Å². The number of rotatable bonds is 11. The lowest BCUT2D eigenvalue weighted by Crippen LogP contribution is -2.49. The smallest absolute Gasteiger partial charge is 0.324 e. The molecule has 0 bridgehead atoms. The predicted octanol–water partition coefficient (Wildman–Crippen LogP) is 2.06. The maximum atomic E-state index is 13.8. The minimum atomic E-state index is -0.947. The van der Waals surface area contributed by atoms with E-state index in [-0.39, 0.29) is 24.3 Å². The second-order valence-corrected chi connectivity index (χ2v) is 6.85. The van der Waals surface area contributed by atoms with Crippen LogP contribution in [-0.4, -0.2) is 60.5 Å². The fraction of sp³-hybridized carbons (Fsp3) is 0.579. The predicted molar refractivity (Wildman–Crippen MR) is 102 cm³/mol. The van der Waals surface area contributed by atoms with E-state index in [2.05, 4.69) is 0 Å². The molecule has 0 saturated carbocycles. The first-order valence-corrected chi connectivity index (χ1v) is 9.54. The molecule has 0 aromatic heterocycles. The second-order valence-electron chi connectivity index (χ2n) is 6.85. The molecule has 10 heteroatoms. The number of carbonyl (C=O) groups is 2. The van der Waals surface area contributed by atoms with E-state index in [1.165, 1.54) is 0 Å². The summed E-state index contributed by atoms with van der Waals surface area (Å²) in [5.74, 6) is -2.18. The van der Waals surface area contributed by atoms with Crippen LogP contribution in [-0.2, 0) is 9.53 Å². The first-order valence-electron chi connectivity index (χ1n) is 9.54. The Balaban J connectivity index is 1.84. The molecule has 1 saturated heterocycles. The lowest BCUT2D eigenvalue weighted by atomic mass is 10.1. The van der Waals surface area contributed by atoms with E-state index in [0.29, 0.717) is 39.1 Å². The van der Waals surface area contributed by atoms with Crippen LogP contribution >= 0.6 is 0 Å². The van der Waals surface area contributed by atoms with Crippen molar-refractivity contribution < 1.29 is 28.4 Å². The number of morpholine rings is 1. The monoisotopic (exact) mass is 411 g/mol. The molecule has 1 amide bonds. The number of hydrogen-bond donors (Lipinski definition) is 1. The number of ketones is 1. The van der Waals surface area contributed by atoms with Crippen LogP contribution in [0.15, 0.2) is 12.1 Å². The van der Waals surface area contributed by atoms with Crippen LogP contribution < -0.4 is 10.5 Å². The van der Waals surface area contributed by atoms with Gasteiger partial charge in [-0.25, -0.2) is 4.39 Å². The summed E-state index contributed by atoms with van der Waals surface area (Å²) in [5, 5.41) is 11.3. The Hall–Kier alpha value is -2.59. The summed E-state index contributed by atoms with van der Waals surface area (Å²) in [6.07, 6.45) is 2.65. The van der Waals surface area contributed by atoms with Crippen molar-refractivity contribution in [3.63, 3.8) is 0 Å². The zero-order valence-corrected chi connectivity index (χ0v) is 16.4. The molecular formula is C19H26FN3O6. The molecular weight excluding hydrogens is 385 g/mol. The topological polar surface area (TPSA) is 125 Å². The van der Waals surface area contributed by atoms with Gasteiger partial charge in [0.25, 0.3) is 0 Å². The third-order valence-electron chi connectivity index (χ3n) is 4.82. The zero-order chi connectivity index (χ0) is 21.4. The van der Waals surface area contributed by atoms with Crippen LogP contribution in [0.5, 0.6) is 5.75 Å². The van der Waals surface area contributed by atoms with Crippen molar-refractivity contribution in [3.8, 4) is 5.75 Å². The molecule has 9 nitrogen and oxygen atoms in total. The van der Waals surface area contributed by atoms with Crippen molar-refractivity contribution in [2.75, 3.05) is 32.9 Å². The highest BCUT2D eigenvalue weighted by Gasteiger charge is 2.28. The number of nitro groups is 1. The number of carbonyl (C=O) groups excluding carboxylic acids is 2. The third kappa shape index (κ3) is 6.20. The molecule has 1 aliphatic rings. The molecule has 1 aromatic carbocycles. The molecule has 0 spiro atoms.